The van der Waals surface area contributed by atoms with Gasteiger partial charge in [-0.05, 0) is 54.7 Å². The van der Waals surface area contributed by atoms with Gasteiger partial charge >= 0.3 is 0 Å². The van der Waals surface area contributed by atoms with Crippen LogP contribution in [0.25, 0.3) is 0 Å². The molecular formula is C21H21N3O3S. The largest absolute Gasteiger partial charge is 0.508 e. The second-order valence-electron chi connectivity index (χ2n) is 6.43. The number of nitrogens with zero attached hydrogens (tertiary/aromatic N) is 3. The molecule has 0 saturated heterocycles. The Kier molecular flexibility index (Phi) is 5.09. The minimum atomic E-state index is -0.250. The molecule has 1 unspecified atom stereocenters. The smallest absolute Gasteiger partial charge is 0.187 e. The van der Waals surface area contributed by atoms with Gasteiger partial charge < -0.3 is 14.6 Å². The van der Waals surface area contributed by atoms with E-state index in [1.807, 2.05) is 49.9 Å². The monoisotopic (exact) mass is 395 g/mol. The number of benzene rings is 1. The summed E-state index contributed by atoms with van der Waals surface area (Å²) >= 11 is 1.50. The number of allylic oxidation sites excluding steroid dienone is 3. The van der Waals surface area contributed by atoms with Gasteiger partial charge in [0.25, 0.3) is 0 Å². The predicted octanol–water partition coefficient (Wildman–Crippen LogP) is 4.25. The van der Waals surface area contributed by atoms with Gasteiger partial charge in [-0.3, -0.25) is 4.99 Å². The van der Waals surface area contributed by atoms with E-state index in [1.54, 1.807) is 13.2 Å². The molecule has 2 aromatic rings. The number of aliphatic imine (C=N–C) groups is 1. The van der Waals surface area contributed by atoms with Crippen molar-refractivity contribution in [2.75, 3.05) is 20.0 Å². The second kappa shape index (κ2) is 7.67. The Morgan fingerprint density at radius 1 is 1.11 bits per heavy atom. The molecule has 7 heteroatoms. The zero-order chi connectivity index (χ0) is 19.7. The van der Waals surface area contributed by atoms with Crippen LogP contribution in [0.4, 0.5) is 0 Å². The van der Waals surface area contributed by atoms with Gasteiger partial charge in [-0.1, -0.05) is 11.8 Å². The molecule has 0 fully saturated rings. The van der Waals surface area contributed by atoms with E-state index in [-0.39, 0.29) is 17.7 Å². The van der Waals surface area contributed by atoms with E-state index in [0.29, 0.717) is 18.1 Å². The minimum absolute atomic E-state index is 0.132. The normalized spacial score (nSPS) is 20.0. The van der Waals surface area contributed by atoms with Crippen LogP contribution >= 0.6 is 11.8 Å². The summed E-state index contributed by atoms with van der Waals surface area (Å²) in [4.78, 5) is 13.8. The molecular weight excluding hydrogens is 374 g/mol. The lowest BCUT2D eigenvalue weighted by Gasteiger charge is -2.30. The summed E-state index contributed by atoms with van der Waals surface area (Å²) in [6.07, 6.45) is 10.9. The first-order valence-electron chi connectivity index (χ1n) is 9.01. The Morgan fingerprint density at radius 3 is 2.54 bits per heavy atom. The van der Waals surface area contributed by atoms with E-state index in [9.17, 15) is 5.11 Å². The number of fused-ring (bicyclic) bond motifs is 3. The fourth-order valence-corrected chi connectivity index (χ4v) is 3.85. The molecule has 1 aliphatic heterocycles. The molecule has 1 N–H and O–H groups in total. The highest BCUT2D eigenvalue weighted by molar-refractivity contribution is 7.98. The maximum Gasteiger partial charge on any atom is 0.187 e. The topological polar surface area (TPSA) is 76.8 Å². The number of aliphatic hydroxyl groups excluding tert-OH is 1. The molecule has 1 aromatic heterocycles. The quantitative estimate of drug-likeness (QED) is 0.603. The van der Waals surface area contributed by atoms with E-state index in [2.05, 4.69) is 9.97 Å². The summed E-state index contributed by atoms with van der Waals surface area (Å²) in [6.45, 7) is 2.48. The number of ether oxygens (including phenoxy) is 2. The van der Waals surface area contributed by atoms with Crippen molar-refractivity contribution in [3.63, 3.8) is 0 Å². The summed E-state index contributed by atoms with van der Waals surface area (Å²) in [6, 6.07) is 3.71. The van der Waals surface area contributed by atoms with E-state index in [1.165, 1.54) is 11.8 Å². The van der Waals surface area contributed by atoms with Crippen LogP contribution in [-0.4, -0.2) is 40.8 Å². The lowest BCUT2D eigenvalue weighted by Crippen LogP contribution is -2.22. The lowest BCUT2D eigenvalue weighted by molar-refractivity contribution is 0.310. The predicted molar refractivity (Wildman–Crippen MR) is 110 cm³/mol. The van der Waals surface area contributed by atoms with Crippen molar-refractivity contribution in [1.82, 2.24) is 9.97 Å². The maximum atomic E-state index is 10.0. The maximum absolute atomic E-state index is 10.0. The average Bonchev–Trinajstić information content (AvgIpc) is 2.73. The molecule has 0 saturated carbocycles. The molecule has 28 heavy (non-hydrogen) atoms. The number of methoxy groups -OCH3 is 1. The third kappa shape index (κ3) is 3.26. The van der Waals surface area contributed by atoms with Gasteiger partial charge in [0.1, 0.15) is 11.8 Å². The van der Waals surface area contributed by atoms with E-state index in [4.69, 9.17) is 14.5 Å². The molecule has 0 bridgehead atoms. The molecule has 1 aromatic carbocycles. The first kappa shape index (κ1) is 18.6. The molecule has 4 rings (SSSR count). The summed E-state index contributed by atoms with van der Waals surface area (Å²) in [7, 11) is 1.63. The average molecular weight is 395 g/mol. The third-order valence-electron chi connectivity index (χ3n) is 4.80. The van der Waals surface area contributed by atoms with Crippen LogP contribution in [0, 0.1) is 0 Å². The van der Waals surface area contributed by atoms with Gasteiger partial charge in [0.15, 0.2) is 16.7 Å². The van der Waals surface area contributed by atoms with Crippen LogP contribution in [0.3, 0.4) is 0 Å². The summed E-state index contributed by atoms with van der Waals surface area (Å²) in [5, 5.41) is 10.8. The highest BCUT2D eigenvalue weighted by atomic mass is 32.2. The van der Waals surface area contributed by atoms with Crippen molar-refractivity contribution in [2.24, 2.45) is 4.99 Å². The molecule has 0 radical (unpaired) electrons. The molecule has 2 aliphatic rings. The van der Waals surface area contributed by atoms with Crippen molar-refractivity contribution in [3.8, 4) is 11.5 Å². The number of aromatic nitrogens is 2. The molecule has 0 amide bonds. The van der Waals surface area contributed by atoms with E-state index < -0.39 is 0 Å². The van der Waals surface area contributed by atoms with Crippen LogP contribution in [0.2, 0.25) is 0 Å². The van der Waals surface area contributed by atoms with E-state index in [0.717, 1.165) is 27.6 Å². The SMILES string of the molecule is CCOc1cc2c(cc1OC)C(c1cnc(SC)nc1)N=C1C=CC(O)=C[C@@H]12. The summed E-state index contributed by atoms with van der Waals surface area (Å²) < 4.78 is 11.3. The Bertz CT molecular complexity index is 983. The van der Waals surface area contributed by atoms with Gasteiger partial charge in [0.2, 0.25) is 0 Å². The number of hydrogen-bond donors (Lipinski definition) is 1. The van der Waals surface area contributed by atoms with Gasteiger partial charge in [-0.25, -0.2) is 9.97 Å². The third-order valence-corrected chi connectivity index (χ3v) is 5.38. The number of hydrogen-bond acceptors (Lipinski definition) is 7. The van der Waals surface area contributed by atoms with Crippen molar-refractivity contribution in [1.29, 1.82) is 0 Å². The Labute approximate surface area is 168 Å². The number of aliphatic hydroxyl groups is 1. The standard InChI is InChI=1S/C21H21N3O3S/c1-4-27-19-8-14-15-7-13(25)5-6-17(15)24-20(16(14)9-18(19)26-2)12-10-22-21(28-3)23-11-12/h5-11,15,20,25H,4H2,1-3H3/t15-,20?/m1/s1. The first-order chi connectivity index (χ1) is 13.6. The van der Waals surface area contributed by atoms with Crippen molar-refractivity contribution in [3.05, 3.63) is 65.2 Å². The second-order valence-corrected chi connectivity index (χ2v) is 7.20. The zero-order valence-electron chi connectivity index (χ0n) is 15.9. The molecule has 2 atom stereocenters. The fourth-order valence-electron chi connectivity index (χ4n) is 3.53. The number of rotatable bonds is 5. The van der Waals surface area contributed by atoms with Gasteiger partial charge in [0, 0.05) is 29.6 Å². The van der Waals surface area contributed by atoms with E-state index >= 15 is 0 Å². The molecule has 2 heterocycles. The van der Waals surface area contributed by atoms with Gasteiger partial charge in [0.05, 0.1) is 13.7 Å². The highest BCUT2D eigenvalue weighted by Crippen LogP contribution is 2.45. The van der Waals surface area contributed by atoms with Crippen molar-refractivity contribution >= 4 is 17.5 Å². The Morgan fingerprint density at radius 2 is 1.86 bits per heavy atom. The lowest BCUT2D eigenvalue weighted by atomic mass is 9.80. The zero-order valence-corrected chi connectivity index (χ0v) is 16.7. The first-order valence-corrected chi connectivity index (χ1v) is 10.2. The molecule has 1 aliphatic carbocycles. The minimum Gasteiger partial charge on any atom is -0.508 e. The number of thioether (sulfide) groups is 1. The van der Waals surface area contributed by atoms with Crippen LogP contribution in [-0.2, 0) is 0 Å². The van der Waals surface area contributed by atoms with Crippen LogP contribution in [0.1, 0.15) is 35.6 Å². The highest BCUT2D eigenvalue weighted by Gasteiger charge is 2.32. The summed E-state index contributed by atoms with van der Waals surface area (Å²) in [5.74, 6) is 1.44. The van der Waals surface area contributed by atoms with Gasteiger partial charge in [-0.15, -0.1) is 0 Å². The molecule has 0 spiro atoms. The Hall–Kier alpha value is -2.80. The van der Waals surface area contributed by atoms with Crippen LogP contribution < -0.4 is 9.47 Å². The van der Waals surface area contributed by atoms with Crippen LogP contribution in [0.15, 0.2) is 58.7 Å². The van der Waals surface area contributed by atoms with Gasteiger partial charge in [-0.2, -0.15) is 0 Å². The van der Waals surface area contributed by atoms with Crippen molar-refractivity contribution < 1.29 is 14.6 Å². The fraction of sp³-hybridized carbons (Fsp3) is 0.286. The molecule has 6 nitrogen and oxygen atoms in total. The Balaban J connectivity index is 1.89. The van der Waals surface area contributed by atoms with Crippen molar-refractivity contribution in [2.45, 2.75) is 24.0 Å². The summed E-state index contributed by atoms with van der Waals surface area (Å²) in [5.41, 5.74) is 3.82. The van der Waals surface area contributed by atoms with Crippen LogP contribution in [0.5, 0.6) is 11.5 Å². The molecule has 144 valence electrons.